The minimum absolute atomic E-state index is 0. The van der Waals surface area contributed by atoms with Crippen LogP contribution in [0.1, 0.15) is 38.4 Å². The van der Waals surface area contributed by atoms with E-state index >= 15 is 0 Å². The van der Waals surface area contributed by atoms with E-state index in [0.29, 0.717) is 36.5 Å². The largest absolute Gasteiger partial charge is 0.434 e. The van der Waals surface area contributed by atoms with E-state index in [4.69, 9.17) is 0 Å². The average Bonchev–Trinajstić information content (AvgIpc) is 3.03. The number of likely N-dealkylation sites (N-methyl/N-ethyl adjacent to an activating group) is 1. The van der Waals surface area contributed by atoms with Crippen molar-refractivity contribution in [3.63, 3.8) is 0 Å². The van der Waals surface area contributed by atoms with Gasteiger partial charge in [0.05, 0.1) is 11.6 Å². The van der Waals surface area contributed by atoms with Crippen LogP contribution in [0, 0.1) is 0 Å². The predicted octanol–water partition coefficient (Wildman–Crippen LogP) is 3.61. The number of rotatable bonds is 9. The summed E-state index contributed by atoms with van der Waals surface area (Å²) < 4.78 is 37.6. The Labute approximate surface area is 174 Å². The Balaban J connectivity index is 0.00000625. The molecule has 26 heavy (non-hydrogen) atoms. The van der Waals surface area contributed by atoms with Crippen LogP contribution in [0.25, 0.3) is 0 Å². The molecule has 1 rings (SSSR count). The standard InChI is InChI=1S/C16H28F3N5S.HI/c1-5-20-15(22-10-12(4)24(6-2)7-3)21-9-8-14-23-13(11-25-14)16(17,18)19;/h11-12H,5-10H2,1-4H3,(H2,20,21,22);1H. The second-order valence-corrected chi connectivity index (χ2v) is 6.53. The van der Waals surface area contributed by atoms with Crippen molar-refractivity contribution >= 4 is 41.3 Å². The fourth-order valence-corrected chi connectivity index (χ4v) is 3.18. The molecule has 1 aromatic heterocycles. The Kier molecular flexibility index (Phi) is 12.4. The summed E-state index contributed by atoms with van der Waals surface area (Å²) in [6, 6.07) is 0.332. The van der Waals surface area contributed by atoms with Crippen LogP contribution in [0.5, 0.6) is 0 Å². The summed E-state index contributed by atoms with van der Waals surface area (Å²) in [5.74, 6) is 0.675. The quantitative estimate of drug-likeness (QED) is 0.305. The van der Waals surface area contributed by atoms with Gasteiger partial charge in [-0.05, 0) is 26.9 Å². The normalized spacial score (nSPS) is 13.5. The maximum absolute atomic E-state index is 12.5. The third-order valence-electron chi connectivity index (χ3n) is 3.77. The fourth-order valence-electron chi connectivity index (χ4n) is 2.37. The Morgan fingerprint density at radius 2 is 1.92 bits per heavy atom. The van der Waals surface area contributed by atoms with Gasteiger partial charge in [-0.15, -0.1) is 35.3 Å². The van der Waals surface area contributed by atoms with Crippen LogP contribution in [0.15, 0.2) is 10.4 Å². The minimum atomic E-state index is -4.38. The van der Waals surface area contributed by atoms with E-state index in [1.807, 2.05) is 6.92 Å². The summed E-state index contributed by atoms with van der Waals surface area (Å²) in [6.07, 6.45) is -3.95. The molecule has 0 aliphatic heterocycles. The van der Waals surface area contributed by atoms with E-state index in [0.717, 1.165) is 36.4 Å². The maximum Gasteiger partial charge on any atom is 0.434 e. The SMILES string of the molecule is CCNC(=NCC(C)N(CC)CC)NCCc1nc(C(F)(F)F)cs1.I. The summed E-state index contributed by atoms with van der Waals surface area (Å²) in [5.41, 5.74) is -0.818. The number of halogens is 4. The van der Waals surface area contributed by atoms with Crippen LogP contribution in [0.4, 0.5) is 13.2 Å². The molecular weight excluding hydrogens is 478 g/mol. The Morgan fingerprint density at radius 3 is 2.42 bits per heavy atom. The van der Waals surface area contributed by atoms with Crippen LogP contribution >= 0.6 is 35.3 Å². The monoisotopic (exact) mass is 507 g/mol. The van der Waals surface area contributed by atoms with Crippen molar-refractivity contribution in [1.29, 1.82) is 0 Å². The zero-order valence-electron chi connectivity index (χ0n) is 15.7. The number of thiazole rings is 1. The molecule has 0 bridgehead atoms. The number of nitrogens with one attached hydrogen (secondary N) is 2. The van der Waals surface area contributed by atoms with Gasteiger partial charge in [0, 0.05) is 30.9 Å². The first kappa shape index (κ1) is 25.4. The molecule has 0 aromatic carbocycles. The van der Waals surface area contributed by atoms with E-state index in [9.17, 15) is 13.2 Å². The van der Waals surface area contributed by atoms with E-state index < -0.39 is 11.9 Å². The molecule has 0 fully saturated rings. The lowest BCUT2D eigenvalue weighted by atomic mass is 10.3. The van der Waals surface area contributed by atoms with Gasteiger partial charge in [0.2, 0.25) is 0 Å². The van der Waals surface area contributed by atoms with Gasteiger partial charge in [0.25, 0.3) is 0 Å². The first-order valence-electron chi connectivity index (χ1n) is 8.59. The van der Waals surface area contributed by atoms with Crippen LogP contribution < -0.4 is 10.6 Å². The van der Waals surface area contributed by atoms with Crippen molar-refractivity contribution in [2.45, 2.75) is 46.3 Å². The van der Waals surface area contributed by atoms with Crippen molar-refractivity contribution in [2.24, 2.45) is 4.99 Å². The van der Waals surface area contributed by atoms with Crippen molar-refractivity contribution in [2.75, 3.05) is 32.7 Å². The smallest absolute Gasteiger partial charge is 0.357 e. The summed E-state index contributed by atoms with van der Waals surface area (Å²) in [6.45, 7) is 12.2. The molecule has 1 aromatic rings. The topological polar surface area (TPSA) is 52.6 Å². The van der Waals surface area contributed by atoms with E-state index in [1.54, 1.807) is 0 Å². The number of aromatic nitrogens is 1. The Hall–Kier alpha value is -0.620. The lowest BCUT2D eigenvalue weighted by molar-refractivity contribution is -0.140. The fraction of sp³-hybridized carbons (Fsp3) is 0.750. The number of nitrogens with zero attached hydrogens (tertiary/aromatic N) is 3. The highest BCUT2D eigenvalue weighted by Crippen LogP contribution is 2.29. The molecule has 1 atom stereocenters. The van der Waals surface area contributed by atoms with E-state index in [-0.39, 0.29) is 24.0 Å². The van der Waals surface area contributed by atoms with Crippen molar-refractivity contribution in [3.05, 3.63) is 16.1 Å². The number of alkyl halides is 3. The number of hydrogen-bond donors (Lipinski definition) is 2. The average molecular weight is 507 g/mol. The maximum atomic E-state index is 12.5. The van der Waals surface area contributed by atoms with Crippen LogP contribution in [-0.4, -0.2) is 54.6 Å². The predicted molar refractivity (Wildman–Crippen MR) is 113 cm³/mol. The van der Waals surface area contributed by atoms with Gasteiger partial charge in [0.15, 0.2) is 11.7 Å². The molecule has 0 saturated carbocycles. The van der Waals surface area contributed by atoms with E-state index in [1.165, 1.54) is 0 Å². The van der Waals surface area contributed by atoms with Crippen molar-refractivity contribution in [1.82, 2.24) is 20.5 Å². The molecule has 2 N–H and O–H groups in total. The van der Waals surface area contributed by atoms with Crippen molar-refractivity contribution in [3.8, 4) is 0 Å². The van der Waals surface area contributed by atoms with Crippen molar-refractivity contribution < 1.29 is 13.2 Å². The molecule has 1 heterocycles. The summed E-state index contributed by atoms with van der Waals surface area (Å²) >= 11 is 1.03. The van der Waals surface area contributed by atoms with E-state index in [2.05, 4.69) is 46.3 Å². The summed E-state index contributed by atoms with van der Waals surface area (Å²) in [7, 11) is 0. The first-order valence-corrected chi connectivity index (χ1v) is 9.47. The van der Waals surface area contributed by atoms with Gasteiger partial charge in [-0.25, -0.2) is 4.98 Å². The molecule has 0 aliphatic rings. The second-order valence-electron chi connectivity index (χ2n) is 5.59. The number of aliphatic imine (C=N–C) groups is 1. The minimum Gasteiger partial charge on any atom is -0.357 e. The van der Waals surface area contributed by atoms with Gasteiger partial charge in [-0.3, -0.25) is 9.89 Å². The lowest BCUT2D eigenvalue weighted by Gasteiger charge is -2.25. The summed E-state index contributed by atoms with van der Waals surface area (Å²) in [5, 5.41) is 7.83. The first-order chi connectivity index (χ1) is 11.8. The highest BCUT2D eigenvalue weighted by Gasteiger charge is 2.33. The molecule has 0 spiro atoms. The molecule has 0 amide bonds. The zero-order chi connectivity index (χ0) is 18.9. The number of guanidine groups is 1. The Morgan fingerprint density at radius 1 is 1.27 bits per heavy atom. The van der Waals surface area contributed by atoms with Gasteiger partial charge < -0.3 is 10.6 Å². The number of hydrogen-bond acceptors (Lipinski definition) is 4. The highest BCUT2D eigenvalue weighted by atomic mass is 127. The van der Waals surface area contributed by atoms with Crippen LogP contribution in [0.3, 0.4) is 0 Å². The molecule has 152 valence electrons. The van der Waals surface area contributed by atoms with Gasteiger partial charge in [-0.2, -0.15) is 13.2 Å². The van der Waals surface area contributed by atoms with Gasteiger partial charge >= 0.3 is 6.18 Å². The molecule has 0 aliphatic carbocycles. The molecule has 0 saturated heterocycles. The second kappa shape index (κ2) is 12.7. The third kappa shape index (κ3) is 8.85. The molecule has 5 nitrogen and oxygen atoms in total. The van der Waals surface area contributed by atoms with Crippen LogP contribution in [0.2, 0.25) is 0 Å². The lowest BCUT2D eigenvalue weighted by Crippen LogP contribution is -2.40. The van der Waals surface area contributed by atoms with Gasteiger partial charge in [0.1, 0.15) is 0 Å². The zero-order valence-corrected chi connectivity index (χ0v) is 18.8. The third-order valence-corrected chi connectivity index (χ3v) is 4.68. The molecule has 0 radical (unpaired) electrons. The van der Waals surface area contributed by atoms with Gasteiger partial charge in [-0.1, -0.05) is 13.8 Å². The van der Waals surface area contributed by atoms with Crippen LogP contribution in [-0.2, 0) is 12.6 Å². The molecule has 10 heteroatoms. The molecular formula is C16H29F3IN5S. The summed E-state index contributed by atoms with van der Waals surface area (Å²) in [4.78, 5) is 10.5. The highest BCUT2D eigenvalue weighted by molar-refractivity contribution is 14.0. The Bertz CT molecular complexity index is 532. The molecule has 1 unspecified atom stereocenters.